The summed E-state index contributed by atoms with van der Waals surface area (Å²) in [6.07, 6.45) is 0. The molecule has 5 N–H and O–H groups in total. The van der Waals surface area contributed by atoms with Crippen molar-refractivity contribution in [1.82, 2.24) is 15.4 Å². The van der Waals surface area contributed by atoms with E-state index in [1.807, 2.05) is 6.07 Å². The molecule has 0 radical (unpaired) electrons. The van der Waals surface area contributed by atoms with Crippen LogP contribution < -0.4 is 16.0 Å². The molecule has 2 aromatic rings. The molecule has 160 valence electrons. The highest BCUT2D eigenvalue weighted by atomic mass is 16.7. The van der Waals surface area contributed by atoms with Gasteiger partial charge in [-0.1, -0.05) is 12.1 Å². The van der Waals surface area contributed by atoms with Crippen LogP contribution in [-0.4, -0.2) is 50.5 Å². The lowest BCUT2D eigenvalue weighted by molar-refractivity contribution is -0.0524. The van der Waals surface area contributed by atoms with Crippen molar-refractivity contribution in [3.8, 4) is 23.3 Å². The van der Waals surface area contributed by atoms with E-state index in [-0.39, 0.29) is 36.3 Å². The Balaban J connectivity index is 2.42. The van der Waals surface area contributed by atoms with Crippen molar-refractivity contribution in [2.24, 2.45) is 0 Å². The zero-order chi connectivity index (χ0) is 22.5. The van der Waals surface area contributed by atoms with Crippen molar-refractivity contribution < 1.29 is 24.6 Å². The Bertz CT molecular complexity index is 958. The Hall–Kier alpha value is -3.26. The maximum absolute atomic E-state index is 12.6. The average molecular weight is 415 g/mol. The number of ether oxygens (including phenoxy) is 1. The van der Waals surface area contributed by atoms with Gasteiger partial charge in [-0.05, 0) is 39.8 Å². The second-order valence-corrected chi connectivity index (χ2v) is 7.94. The Morgan fingerprint density at radius 1 is 1.20 bits per heavy atom. The number of nitrogens with two attached hydrogens (primary N) is 1. The van der Waals surface area contributed by atoms with E-state index in [1.165, 1.54) is 27.7 Å². The zero-order valence-electron chi connectivity index (χ0n) is 17.3. The molecular weight excluding hydrogens is 390 g/mol. The summed E-state index contributed by atoms with van der Waals surface area (Å²) in [6, 6.07) is 8.56. The van der Waals surface area contributed by atoms with E-state index in [0.717, 1.165) is 0 Å². The number of nitrogens with one attached hydrogen (secondary N) is 1. The number of hydrogen-bond acceptors (Lipinski definition) is 9. The maximum Gasteiger partial charge on any atom is 0.284 e. The topological polar surface area (TPSA) is 164 Å². The van der Waals surface area contributed by atoms with Gasteiger partial charge in [0.1, 0.15) is 24.6 Å². The van der Waals surface area contributed by atoms with Crippen LogP contribution >= 0.6 is 0 Å². The summed E-state index contributed by atoms with van der Waals surface area (Å²) in [6.45, 7) is 5.74. The van der Waals surface area contributed by atoms with Crippen molar-refractivity contribution in [3.63, 3.8) is 0 Å². The Kier molecular flexibility index (Phi) is 6.94. The molecule has 30 heavy (non-hydrogen) atoms. The number of nitriles is 1. The normalized spacial score (nSPS) is 11.6. The smallest absolute Gasteiger partial charge is 0.284 e. The number of benzene rings is 1. The minimum absolute atomic E-state index is 0.143. The molecule has 1 aromatic heterocycles. The molecule has 0 bridgehead atoms. The number of anilines is 1. The summed E-state index contributed by atoms with van der Waals surface area (Å²) < 4.78 is 5.56. The van der Waals surface area contributed by atoms with Crippen LogP contribution in [0.25, 0.3) is 11.4 Å². The van der Waals surface area contributed by atoms with E-state index < -0.39 is 17.1 Å². The van der Waals surface area contributed by atoms with Crippen LogP contribution in [0.4, 0.5) is 5.82 Å². The van der Waals surface area contributed by atoms with Crippen LogP contribution in [-0.2, 0) is 4.84 Å². The molecule has 2 rings (SSSR count). The van der Waals surface area contributed by atoms with Crippen LogP contribution in [0, 0.1) is 11.3 Å². The van der Waals surface area contributed by atoms with Gasteiger partial charge in [0.25, 0.3) is 5.91 Å². The lowest BCUT2D eigenvalue weighted by atomic mass is 10.1. The van der Waals surface area contributed by atoms with Gasteiger partial charge in [-0.3, -0.25) is 9.63 Å². The van der Waals surface area contributed by atoms with Crippen molar-refractivity contribution in [3.05, 3.63) is 35.4 Å². The molecule has 0 fully saturated rings. The summed E-state index contributed by atoms with van der Waals surface area (Å²) in [7, 11) is 0. The Morgan fingerprint density at radius 2 is 1.87 bits per heavy atom. The fourth-order valence-corrected chi connectivity index (χ4v) is 2.21. The zero-order valence-corrected chi connectivity index (χ0v) is 17.3. The molecule has 0 saturated carbocycles. The number of hydrogen-bond donors (Lipinski definition) is 4. The maximum atomic E-state index is 12.6. The highest BCUT2D eigenvalue weighted by Crippen LogP contribution is 2.27. The quantitative estimate of drug-likeness (QED) is 0.463. The molecule has 1 heterocycles. The van der Waals surface area contributed by atoms with Gasteiger partial charge in [0.2, 0.25) is 5.88 Å². The molecule has 0 aliphatic rings. The Morgan fingerprint density at radius 3 is 2.47 bits per heavy atom. The summed E-state index contributed by atoms with van der Waals surface area (Å²) in [5.41, 5.74) is 6.52. The van der Waals surface area contributed by atoms with E-state index in [9.17, 15) is 15.0 Å². The summed E-state index contributed by atoms with van der Waals surface area (Å²) >= 11 is 0. The molecule has 0 aliphatic heterocycles. The number of rotatable bonds is 8. The van der Waals surface area contributed by atoms with Crippen molar-refractivity contribution >= 4 is 11.7 Å². The molecule has 0 spiro atoms. The number of hydroxylamine groups is 1. The molecule has 0 aliphatic carbocycles. The van der Waals surface area contributed by atoms with Gasteiger partial charge in [-0.15, -0.1) is 0 Å². The largest absolute Gasteiger partial charge is 0.474 e. The summed E-state index contributed by atoms with van der Waals surface area (Å²) in [4.78, 5) is 26.0. The third-order valence-electron chi connectivity index (χ3n) is 3.53. The number of nitrogen functional groups attached to an aromatic ring is 1. The van der Waals surface area contributed by atoms with Crippen LogP contribution in [0.1, 0.15) is 43.6 Å². The van der Waals surface area contributed by atoms with Gasteiger partial charge in [0.05, 0.1) is 22.8 Å². The van der Waals surface area contributed by atoms with Gasteiger partial charge in [-0.2, -0.15) is 10.2 Å². The van der Waals surface area contributed by atoms with Crippen molar-refractivity contribution in [2.75, 3.05) is 18.9 Å². The van der Waals surface area contributed by atoms with Crippen LogP contribution in [0.15, 0.2) is 24.3 Å². The fraction of sp³-hybridized carbons (Fsp3) is 0.400. The minimum atomic E-state index is -1.20. The molecule has 10 nitrogen and oxygen atoms in total. The third-order valence-corrected chi connectivity index (χ3v) is 3.53. The minimum Gasteiger partial charge on any atom is -0.474 e. The first-order chi connectivity index (χ1) is 13.9. The Labute approximate surface area is 174 Å². The monoisotopic (exact) mass is 415 g/mol. The third kappa shape index (κ3) is 6.66. The average Bonchev–Trinajstić information content (AvgIpc) is 2.64. The molecule has 0 atom stereocenters. The highest BCUT2D eigenvalue weighted by molar-refractivity contribution is 6.00. The first-order valence-corrected chi connectivity index (χ1v) is 9.07. The van der Waals surface area contributed by atoms with E-state index in [4.69, 9.17) is 20.6 Å². The van der Waals surface area contributed by atoms with Crippen molar-refractivity contribution in [2.45, 2.75) is 38.9 Å². The standard InChI is InChI=1S/C20H25N5O5/c1-19(2,27)10-29-18-14(17(26)25-30-11-20(3,4)28)15(22)23-16(24-18)13-7-5-6-12(8-13)9-21/h5-8,27-28H,10-11H2,1-4H3,(H,25,26)(H2,22,23,24). The summed E-state index contributed by atoms with van der Waals surface area (Å²) in [5.74, 6) is -0.979. The lowest BCUT2D eigenvalue weighted by Gasteiger charge is -2.20. The molecule has 10 heteroatoms. The summed E-state index contributed by atoms with van der Waals surface area (Å²) in [5, 5.41) is 28.8. The predicted octanol–water partition coefficient (Wildman–Crippen LogP) is 1.18. The number of amides is 1. The first kappa shape index (κ1) is 23.0. The van der Waals surface area contributed by atoms with Gasteiger partial charge in [0, 0.05) is 5.56 Å². The van der Waals surface area contributed by atoms with Crippen LogP contribution in [0.2, 0.25) is 0 Å². The first-order valence-electron chi connectivity index (χ1n) is 9.07. The fourth-order valence-electron chi connectivity index (χ4n) is 2.21. The van der Waals surface area contributed by atoms with Crippen LogP contribution in [0.3, 0.4) is 0 Å². The molecule has 1 aromatic carbocycles. The second kappa shape index (κ2) is 9.04. The second-order valence-electron chi connectivity index (χ2n) is 7.94. The number of carbonyl (C=O) groups is 1. The van der Waals surface area contributed by atoms with E-state index >= 15 is 0 Å². The van der Waals surface area contributed by atoms with Gasteiger partial charge in [-0.25, -0.2) is 10.5 Å². The number of nitrogens with zero attached hydrogens (tertiary/aromatic N) is 3. The molecule has 0 unspecified atom stereocenters. The van der Waals surface area contributed by atoms with Gasteiger partial charge in [0.15, 0.2) is 5.82 Å². The van der Waals surface area contributed by atoms with E-state index in [2.05, 4.69) is 15.4 Å². The highest BCUT2D eigenvalue weighted by Gasteiger charge is 2.25. The number of carbonyl (C=O) groups excluding carboxylic acids is 1. The predicted molar refractivity (Wildman–Crippen MR) is 108 cm³/mol. The van der Waals surface area contributed by atoms with Crippen molar-refractivity contribution in [1.29, 1.82) is 5.26 Å². The van der Waals surface area contributed by atoms with E-state index in [0.29, 0.717) is 11.1 Å². The lowest BCUT2D eigenvalue weighted by Crippen LogP contribution is -2.34. The van der Waals surface area contributed by atoms with Gasteiger partial charge < -0.3 is 20.7 Å². The number of aliphatic hydroxyl groups is 2. The van der Waals surface area contributed by atoms with Gasteiger partial charge >= 0.3 is 0 Å². The molecule has 1 amide bonds. The number of aromatic nitrogens is 2. The molecule has 0 saturated heterocycles. The van der Waals surface area contributed by atoms with Crippen LogP contribution in [0.5, 0.6) is 5.88 Å². The molecular formula is C20H25N5O5. The SMILES string of the molecule is CC(C)(O)CONC(=O)c1c(N)nc(-c2cccc(C#N)c2)nc1OCC(C)(C)O. The van der Waals surface area contributed by atoms with E-state index in [1.54, 1.807) is 24.3 Å².